The van der Waals surface area contributed by atoms with Crippen molar-refractivity contribution in [1.82, 2.24) is 4.57 Å². The summed E-state index contributed by atoms with van der Waals surface area (Å²) in [5, 5.41) is 0. The van der Waals surface area contributed by atoms with E-state index in [2.05, 4.69) is 4.74 Å². The monoisotopic (exact) mass is 391 g/mol. The summed E-state index contributed by atoms with van der Waals surface area (Å²) >= 11 is 1.09. The highest BCUT2D eigenvalue weighted by Gasteiger charge is 2.11. The molecule has 0 fully saturated rings. The molecule has 0 aliphatic carbocycles. The predicted octanol–water partition coefficient (Wildman–Crippen LogP) is 0.654. The number of carbonyl (C=O) groups excluding carboxylic acids is 2. The summed E-state index contributed by atoms with van der Waals surface area (Å²) in [6.07, 6.45) is 2.87. The van der Waals surface area contributed by atoms with Gasteiger partial charge in [-0.1, -0.05) is 18.2 Å². The smallest absolute Gasteiger partial charge is 0.333 e. The standard InChI is InChI=1S/C19H21NO6S/c1-4-25-14-9-7-6-8-13(14)10-15-19(23)20(12-18(22)24-3)16(27-15)11-17(21)26-5-2/h6-11H,4-5,12H2,1-3H3/b15-10-,16-11-. The maximum atomic E-state index is 12.8. The minimum atomic E-state index is -0.588. The highest BCUT2D eigenvalue weighted by molar-refractivity contribution is 7.07. The van der Waals surface area contributed by atoms with Gasteiger partial charge in [-0.3, -0.25) is 14.2 Å². The average molecular weight is 391 g/mol. The summed E-state index contributed by atoms with van der Waals surface area (Å²) in [6, 6.07) is 7.30. The average Bonchev–Trinajstić information content (AvgIpc) is 2.92. The lowest BCUT2D eigenvalue weighted by molar-refractivity contribution is -0.141. The lowest BCUT2D eigenvalue weighted by Crippen LogP contribution is -2.34. The second-order valence-electron chi connectivity index (χ2n) is 5.28. The van der Waals surface area contributed by atoms with Gasteiger partial charge < -0.3 is 14.2 Å². The van der Waals surface area contributed by atoms with Crippen molar-refractivity contribution >= 4 is 35.4 Å². The van der Waals surface area contributed by atoms with Crippen molar-refractivity contribution in [3.63, 3.8) is 0 Å². The first kappa shape index (κ1) is 20.4. The molecule has 0 saturated heterocycles. The molecule has 0 bridgehead atoms. The van der Waals surface area contributed by atoms with E-state index in [4.69, 9.17) is 9.47 Å². The van der Waals surface area contributed by atoms with E-state index < -0.39 is 17.5 Å². The second kappa shape index (κ2) is 9.72. The van der Waals surface area contributed by atoms with Gasteiger partial charge in [-0.05, 0) is 26.0 Å². The summed E-state index contributed by atoms with van der Waals surface area (Å²) in [4.78, 5) is 36.2. The van der Waals surface area contributed by atoms with Gasteiger partial charge in [-0.15, -0.1) is 11.3 Å². The fraction of sp³-hybridized carbons (Fsp3) is 0.316. The summed E-state index contributed by atoms with van der Waals surface area (Å²) in [5.74, 6) is -0.531. The van der Waals surface area contributed by atoms with Crippen LogP contribution in [0.3, 0.4) is 0 Å². The van der Waals surface area contributed by atoms with Crippen LogP contribution in [0.1, 0.15) is 19.4 Å². The van der Waals surface area contributed by atoms with Gasteiger partial charge in [-0.25, -0.2) is 4.79 Å². The van der Waals surface area contributed by atoms with Gasteiger partial charge in [0.05, 0.1) is 30.9 Å². The minimum Gasteiger partial charge on any atom is -0.493 e. The first-order valence-corrected chi connectivity index (χ1v) is 9.20. The normalized spacial score (nSPS) is 12.1. The number of methoxy groups -OCH3 is 1. The van der Waals surface area contributed by atoms with Crippen molar-refractivity contribution in [2.24, 2.45) is 0 Å². The molecule has 0 amide bonds. The Hall–Kier alpha value is -2.87. The Morgan fingerprint density at radius 3 is 2.59 bits per heavy atom. The van der Waals surface area contributed by atoms with Crippen LogP contribution in [0.15, 0.2) is 29.1 Å². The van der Waals surface area contributed by atoms with Gasteiger partial charge in [-0.2, -0.15) is 0 Å². The summed E-state index contributed by atoms with van der Waals surface area (Å²) in [6.45, 7) is 3.97. The molecule has 2 aromatic rings. The molecule has 0 N–H and O–H groups in total. The van der Waals surface area contributed by atoms with Crippen LogP contribution in [0.5, 0.6) is 5.75 Å². The third-order valence-corrected chi connectivity index (χ3v) is 4.54. The molecular formula is C19H21NO6S. The van der Waals surface area contributed by atoms with E-state index in [0.717, 1.165) is 16.9 Å². The summed E-state index contributed by atoms with van der Waals surface area (Å²) < 4.78 is 17.0. The van der Waals surface area contributed by atoms with E-state index in [0.29, 0.717) is 21.6 Å². The number of rotatable bonds is 7. The number of benzene rings is 1. The van der Waals surface area contributed by atoms with E-state index in [1.807, 2.05) is 31.2 Å². The van der Waals surface area contributed by atoms with E-state index in [1.165, 1.54) is 17.8 Å². The van der Waals surface area contributed by atoms with Crippen LogP contribution in [0.4, 0.5) is 0 Å². The fourth-order valence-corrected chi connectivity index (χ4v) is 3.32. The third kappa shape index (κ3) is 5.30. The van der Waals surface area contributed by atoms with Crippen molar-refractivity contribution < 1.29 is 23.8 Å². The van der Waals surface area contributed by atoms with E-state index in [1.54, 1.807) is 13.0 Å². The number of esters is 2. The lowest BCUT2D eigenvalue weighted by Gasteiger charge is -2.05. The van der Waals surface area contributed by atoms with Gasteiger partial charge in [0.25, 0.3) is 5.56 Å². The summed E-state index contributed by atoms with van der Waals surface area (Å²) in [7, 11) is 1.24. The van der Waals surface area contributed by atoms with Gasteiger partial charge >= 0.3 is 11.9 Å². The molecule has 0 saturated carbocycles. The molecule has 1 aromatic carbocycles. The van der Waals surface area contributed by atoms with Gasteiger partial charge in [0.15, 0.2) is 0 Å². The minimum absolute atomic E-state index is 0.211. The van der Waals surface area contributed by atoms with Crippen LogP contribution >= 0.6 is 11.3 Å². The zero-order valence-corrected chi connectivity index (χ0v) is 16.2. The van der Waals surface area contributed by atoms with Gasteiger partial charge in [0.1, 0.15) is 17.0 Å². The molecule has 0 spiro atoms. The number of ether oxygens (including phenoxy) is 3. The zero-order chi connectivity index (χ0) is 19.8. The molecule has 7 nitrogen and oxygen atoms in total. The third-order valence-electron chi connectivity index (χ3n) is 3.48. The van der Waals surface area contributed by atoms with Crippen LogP contribution in [0.2, 0.25) is 0 Å². The molecule has 1 heterocycles. The number of para-hydroxylation sites is 1. The number of thiazole rings is 1. The maximum Gasteiger partial charge on any atom is 0.333 e. The van der Waals surface area contributed by atoms with Crippen molar-refractivity contribution in [2.75, 3.05) is 20.3 Å². The Morgan fingerprint density at radius 2 is 1.93 bits per heavy atom. The second-order valence-corrected chi connectivity index (χ2v) is 6.35. The van der Waals surface area contributed by atoms with Crippen LogP contribution in [-0.2, 0) is 25.6 Å². The molecule has 0 aliphatic rings. The fourth-order valence-electron chi connectivity index (χ4n) is 2.30. The molecule has 8 heteroatoms. The SMILES string of the molecule is CCOC(=O)/C=c1\s/c(=C\c2ccccc2OCC)c(=O)n1CC(=O)OC. The number of hydrogen-bond donors (Lipinski definition) is 0. The number of carbonyl (C=O) groups is 2. The molecule has 0 radical (unpaired) electrons. The molecule has 1 aromatic heterocycles. The molecular weight excluding hydrogens is 370 g/mol. The number of nitrogens with zero attached hydrogens (tertiary/aromatic N) is 1. The Kier molecular flexibility index (Phi) is 7.36. The van der Waals surface area contributed by atoms with Crippen LogP contribution in [-0.4, -0.2) is 36.8 Å². The van der Waals surface area contributed by atoms with E-state index in [9.17, 15) is 14.4 Å². The van der Waals surface area contributed by atoms with E-state index >= 15 is 0 Å². The van der Waals surface area contributed by atoms with Crippen molar-refractivity contribution in [3.8, 4) is 5.75 Å². The zero-order valence-electron chi connectivity index (χ0n) is 15.4. The molecule has 0 atom stereocenters. The molecule has 144 valence electrons. The molecule has 27 heavy (non-hydrogen) atoms. The first-order chi connectivity index (χ1) is 13.0. The molecule has 0 aliphatic heterocycles. The Balaban J connectivity index is 2.63. The first-order valence-electron chi connectivity index (χ1n) is 8.38. The van der Waals surface area contributed by atoms with E-state index in [-0.39, 0.29) is 13.2 Å². The van der Waals surface area contributed by atoms with Crippen LogP contribution < -0.4 is 19.5 Å². The van der Waals surface area contributed by atoms with Gasteiger partial charge in [0.2, 0.25) is 0 Å². The largest absolute Gasteiger partial charge is 0.493 e. The lowest BCUT2D eigenvalue weighted by atomic mass is 10.2. The highest BCUT2D eigenvalue weighted by Crippen LogP contribution is 2.18. The predicted molar refractivity (Wildman–Crippen MR) is 102 cm³/mol. The quantitative estimate of drug-likeness (QED) is 0.645. The number of hydrogen-bond acceptors (Lipinski definition) is 7. The van der Waals surface area contributed by atoms with Crippen molar-refractivity contribution in [3.05, 3.63) is 49.4 Å². The topological polar surface area (TPSA) is 83.8 Å². The number of aromatic nitrogens is 1. The highest BCUT2D eigenvalue weighted by atomic mass is 32.1. The molecule has 2 rings (SSSR count). The molecule has 0 unspecified atom stereocenters. The van der Waals surface area contributed by atoms with Crippen molar-refractivity contribution in [1.29, 1.82) is 0 Å². The van der Waals surface area contributed by atoms with Gasteiger partial charge in [0, 0.05) is 5.56 Å². The summed E-state index contributed by atoms with van der Waals surface area (Å²) in [5.41, 5.74) is 0.331. The Bertz CT molecular complexity index is 988. The van der Waals surface area contributed by atoms with Crippen LogP contribution in [0, 0.1) is 0 Å². The van der Waals surface area contributed by atoms with Crippen LogP contribution in [0.25, 0.3) is 12.2 Å². The van der Waals surface area contributed by atoms with Crippen molar-refractivity contribution in [2.45, 2.75) is 20.4 Å². The Morgan fingerprint density at radius 1 is 1.19 bits per heavy atom. The maximum absolute atomic E-state index is 12.8. The Labute approximate surface area is 160 Å².